The lowest BCUT2D eigenvalue weighted by Gasteiger charge is -2.28. The lowest BCUT2D eigenvalue weighted by molar-refractivity contribution is -0.148. The Hall–Kier alpha value is -1.12. The van der Waals surface area contributed by atoms with Gasteiger partial charge >= 0.3 is 6.18 Å². The molecule has 0 aromatic carbocycles. The van der Waals surface area contributed by atoms with Crippen LogP contribution in [0.2, 0.25) is 0 Å². The van der Waals surface area contributed by atoms with Gasteiger partial charge in [-0.3, -0.25) is 4.79 Å². The number of halogens is 4. The molecule has 0 atom stereocenters. The third-order valence-corrected chi connectivity index (χ3v) is 3.69. The van der Waals surface area contributed by atoms with Crippen LogP contribution in [0.4, 0.5) is 13.2 Å². The number of hydrogen-bond donors (Lipinski definition) is 0. The third kappa shape index (κ3) is 3.31. The van der Waals surface area contributed by atoms with Crippen molar-refractivity contribution in [1.82, 2.24) is 19.7 Å². The van der Waals surface area contributed by atoms with Gasteiger partial charge in [0.05, 0.1) is 6.54 Å². The smallest absolute Gasteiger partial charge is 0.333 e. The van der Waals surface area contributed by atoms with Crippen LogP contribution in [-0.4, -0.2) is 37.4 Å². The number of amides is 1. The van der Waals surface area contributed by atoms with Gasteiger partial charge in [0.25, 0.3) is 0 Å². The maximum absolute atomic E-state index is 12.7. The molecule has 1 aliphatic heterocycles. The summed E-state index contributed by atoms with van der Waals surface area (Å²) in [6.45, 7) is 0.443. The van der Waals surface area contributed by atoms with Crippen LogP contribution in [0.1, 0.15) is 30.9 Å². The Labute approximate surface area is 122 Å². The molecule has 2 rings (SSSR count). The third-order valence-electron chi connectivity index (χ3n) is 3.13. The Morgan fingerprint density at radius 1 is 1.25 bits per heavy atom. The van der Waals surface area contributed by atoms with E-state index in [2.05, 4.69) is 26.1 Å². The average Bonchev–Trinajstić information content (AvgIpc) is 2.81. The van der Waals surface area contributed by atoms with E-state index >= 15 is 0 Å². The summed E-state index contributed by atoms with van der Waals surface area (Å²) in [7, 11) is 0. The van der Waals surface area contributed by atoms with Crippen molar-refractivity contribution in [3.8, 4) is 0 Å². The van der Waals surface area contributed by atoms with Crippen LogP contribution in [0.25, 0.3) is 0 Å². The zero-order chi connectivity index (χ0) is 14.8. The molecule has 0 radical (unpaired) electrons. The van der Waals surface area contributed by atoms with E-state index in [-0.39, 0.29) is 31.4 Å². The van der Waals surface area contributed by atoms with Gasteiger partial charge in [-0.25, -0.2) is 0 Å². The number of unbranched alkanes of at least 4 members (excludes halogenated alkanes) is 1. The number of rotatable bonds is 4. The number of carbonyl (C=O) groups is 1. The Bertz CT molecular complexity index is 489. The van der Waals surface area contributed by atoms with Gasteiger partial charge in [-0.05, 0) is 12.8 Å². The molecule has 1 amide bonds. The second kappa shape index (κ2) is 6.11. The molecule has 0 bridgehead atoms. The van der Waals surface area contributed by atoms with Gasteiger partial charge in [-0.1, -0.05) is 15.9 Å². The maximum atomic E-state index is 12.7. The van der Waals surface area contributed by atoms with E-state index < -0.39 is 12.0 Å². The summed E-state index contributed by atoms with van der Waals surface area (Å²) >= 11 is 3.29. The molecule has 1 aliphatic rings. The molecule has 1 aromatic rings. The van der Waals surface area contributed by atoms with Crippen molar-refractivity contribution in [2.45, 2.75) is 38.5 Å². The summed E-state index contributed by atoms with van der Waals surface area (Å²) in [5, 5.41) is 7.56. The van der Waals surface area contributed by atoms with Crippen LogP contribution in [0.5, 0.6) is 0 Å². The Kier molecular flexibility index (Phi) is 4.66. The second-order valence-corrected chi connectivity index (χ2v) is 5.34. The topological polar surface area (TPSA) is 51.0 Å². The first-order valence-electron chi connectivity index (χ1n) is 6.26. The number of aromatic nitrogens is 3. The molecule has 0 spiro atoms. The van der Waals surface area contributed by atoms with E-state index in [1.165, 1.54) is 0 Å². The summed E-state index contributed by atoms with van der Waals surface area (Å²) < 4.78 is 39.0. The van der Waals surface area contributed by atoms with E-state index in [9.17, 15) is 18.0 Å². The van der Waals surface area contributed by atoms with Crippen LogP contribution < -0.4 is 0 Å². The van der Waals surface area contributed by atoms with Gasteiger partial charge in [-0.2, -0.15) is 13.2 Å². The molecule has 0 N–H and O–H groups in total. The van der Waals surface area contributed by atoms with E-state index in [0.29, 0.717) is 6.42 Å². The van der Waals surface area contributed by atoms with Gasteiger partial charge in [0.1, 0.15) is 0 Å². The van der Waals surface area contributed by atoms with E-state index in [1.807, 2.05) is 0 Å². The standard InChI is InChI=1S/C11H14BrF3N4O/c12-4-2-1-3-9(20)18-5-6-19-8(7-18)16-17-10(19)11(13,14)15/h1-7H2. The summed E-state index contributed by atoms with van der Waals surface area (Å²) in [4.78, 5) is 13.5. The normalized spacial score (nSPS) is 15.3. The highest BCUT2D eigenvalue weighted by Gasteiger charge is 2.39. The van der Waals surface area contributed by atoms with Crippen LogP contribution in [0.3, 0.4) is 0 Å². The minimum absolute atomic E-state index is 0.0474. The van der Waals surface area contributed by atoms with Crippen molar-refractivity contribution in [1.29, 1.82) is 0 Å². The summed E-state index contributed by atoms with van der Waals surface area (Å²) in [5.41, 5.74) is 0. The maximum Gasteiger partial charge on any atom is 0.451 e. The van der Waals surface area contributed by atoms with Crippen molar-refractivity contribution in [3.05, 3.63) is 11.6 Å². The number of nitrogens with zero attached hydrogens (tertiary/aromatic N) is 4. The minimum atomic E-state index is -4.51. The fourth-order valence-corrected chi connectivity index (χ4v) is 2.51. The predicted octanol–water partition coefficient (Wildman–Crippen LogP) is 2.20. The fraction of sp³-hybridized carbons (Fsp3) is 0.727. The van der Waals surface area contributed by atoms with Gasteiger partial charge in [-0.15, -0.1) is 10.2 Å². The van der Waals surface area contributed by atoms with Crippen LogP contribution in [0, 0.1) is 0 Å². The molecule has 5 nitrogen and oxygen atoms in total. The van der Waals surface area contributed by atoms with Crippen LogP contribution >= 0.6 is 15.9 Å². The molecule has 0 saturated heterocycles. The van der Waals surface area contributed by atoms with E-state index in [1.54, 1.807) is 4.90 Å². The number of alkyl halides is 4. The monoisotopic (exact) mass is 354 g/mol. The van der Waals surface area contributed by atoms with Crippen molar-refractivity contribution >= 4 is 21.8 Å². The van der Waals surface area contributed by atoms with Crippen LogP contribution in [-0.2, 0) is 24.1 Å². The molecule has 0 saturated carbocycles. The highest BCUT2D eigenvalue weighted by Crippen LogP contribution is 2.29. The molecule has 9 heteroatoms. The molecule has 112 valence electrons. The average molecular weight is 355 g/mol. The molecule has 0 unspecified atom stereocenters. The molecular weight excluding hydrogens is 341 g/mol. The SMILES string of the molecule is O=C(CCCCBr)N1CCn2c(nnc2C(F)(F)F)C1. The summed E-state index contributed by atoms with van der Waals surface area (Å²) in [5.74, 6) is -0.843. The Balaban J connectivity index is 2.02. The van der Waals surface area contributed by atoms with Gasteiger partial charge in [0.2, 0.25) is 11.7 Å². The molecule has 2 heterocycles. The van der Waals surface area contributed by atoms with Gasteiger partial charge in [0, 0.05) is 24.8 Å². The first kappa shape index (κ1) is 15.3. The van der Waals surface area contributed by atoms with E-state index in [0.717, 1.165) is 22.7 Å². The first-order chi connectivity index (χ1) is 9.43. The quantitative estimate of drug-likeness (QED) is 0.615. The lowest BCUT2D eigenvalue weighted by Crippen LogP contribution is -2.39. The van der Waals surface area contributed by atoms with Crippen molar-refractivity contribution < 1.29 is 18.0 Å². The predicted molar refractivity (Wildman–Crippen MR) is 68.1 cm³/mol. The number of carbonyl (C=O) groups excluding carboxylic acids is 1. The highest BCUT2D eigenvalue weighted by atomic mass is 79.9. The van der Waals surface area contributed by atoms with Crippen molar-refractivity contribution in [2.24, 2.45) is 0 Å². The van der Waals surface area contributed by atoms with Crippen LogP contribution in [0.15, 0.2) is 0 Å². The Morgan fingerprint density at radius 3 is 2.65 bits per heavy atom. The van der Waals surface area contributed by atoms with Crippen molar-refractivity contribution in [3.63, 3.8) is 0 Å². The molecule has 0 fully saturated rings. The molecule has 0 aliphatic carbocycles. The first-order valence-corrected chi connectivity index (χ1v) is 7.38. The van der Waals surface area contributed by atoms with Gasteiger partial charge in [0.15, 0.2) is 5.82 Å². The highest BCUT2D eigenvalue weighted by molar-refractivity contribution is 9.09. The molecule has 20 heavy (non-hydrogen) atoms. The minimum Gasteiger partial charge on any atom is -0.333 e. The summed E-state index contributed by atoms with van der Waals surface area (Å²) in [6, 6.07) is 0. The number of hydrogen-bond acceptors (Lipinski definition) is 3. The van der Waals surface area contributed by atoms with E-state index in [4.69, 9.17) is 0 Å². The fourth-order valence-electron chi connectivity index (χ4n) is 2.11. The number of fused-ring (bicyclic) bond motifs is 1. The van der Waals surface area contributed by atoms with Gasteiger partial charge < -0.3 is 9.47 Å². The lowest BCUT2D eigenvalue weighted by atomic mass is 10.2. The molecule has 1 aromatic heterocycles. The summed E-state index contributed by atoms with van der Waals surface area (Å²) in [6.07, 6.45) is -2.44. The second-order valence-electron chi connectivity index (χ2n) is 4.55. The van der Waals surface area contributed by atoms with Crippen molar-refractivity contribution in [2.75, 3.05) is 11.9 Å². The zero-order valence-electron chi connectivity index (χ0n) is 10.7. The largest absolute Gasteiger partial charge is 0.451 e. The zero-order valence-corrected chi connectivity index (χ0v) is 12.2. The molecular formula is C11H14BrF3N4O. The Morgan fingerprint density at radius 2 is 2.00 bits per heavy atom.